The summed E-state index contributed by atoms with van der Waals surface area (Å²) in [4.78, 5) is 12.9. The molecule has 0 radical (unpaired) electrons. The van der Waals surface area contributed by atoms with E-state index in [-0.39, 0.29) is 11.4 Å². The molecule has 158 valence electrons. The van der Waals surface area contributed by atoms with Gasteiger partial charge in [0.1, 0.15) is 5.75 Å². The molecule has 0 saturated heterocycles. The van der Waals surface area contributed by atoms with Gasteiger partial charge in [-0.15, -0.1) is 0 Å². The number of ether oxygens (including phenoxy) is 4. The molecule has 2 aromatic rings. The molecule has 2 aromatic carbocycles. The van der Waals surface area contributed by atoms with Crippen molar-refractivity contribution in [2.45, 2.75) is 19.8 Å². The van der Waals surface area contributed by atoms with Crippen molar-refractivity contribution in [2.24, 2.45) is 0 Å². The standard InChI is InChI=1S/C21H28N2O6/c1-14-10-21(19(27-5)12-16(14)23(24)25)29-17-13-20(28-6)18(26-4)11-15(17)8-7-9-22(2)3/h10-13H,7-9H2,1-6H3. The van der Waals surface area contributed by atoms with E-state index in [0.29, 0.717) is 28.6 Å². The normalized spacial score (nSPS) is 10.7. The number of hydrogen-bond acceptors (Lipinski definition) is 7. The average molecular weight is 404 g/mol. The number of aryl methyl sites for hydroxylation is 2. The van der Waals surface area contributed by atoms with Gasteiger partial charge in [0.2, 0.25) is 0 Å². The first-order chi connectivity index (χ1) is 13.8. The Morgan fingerprint density at radius 3 is 2.03 bits per heavy atom. The predicted molar refractivity (Wildman–Crippen MR) is 111 cm³/mol. The number of nitro benzene ring substituents is 1. The number of methoxy groups -OCH3 is 3. The summed E-state index contributed by atoms with van der Waals surface area (Å²) >= 11 is 0. The van der Waals surface area contributed by atoms with E-state index in [0.717, 1.165) is 24.9 Å². The number of nitro groups is 1. The highest BCUT2D eigenvalue weighted by Crippen LogP contribution is 2.41. The van der Waals surface area contributed by atoms with Crippen LogP contribution in [-0.4, -0.2) is 51.8 Å². The Morgan fingerprint density at radius 1 is 0.897 bits per heavy atom. The fourth-order valence-corrected chi connectivity index (χ4v) is 2.98. The van der Waals surface area contributed by atoms with Gasteiger partial charge in [-0.25, -0.2) is 0 Å². The first kappa shape index (κ1) is 22.3. The third-order valence-electron chi connectivity index (χ3n) is 4.52. The second-order valence-corrected chi connectivity index (χ2v) is 6.87. The predicted octanol–water partition coefficient (Wildman–Crippen LogP) is 4.22. The molecular weight excluding hydrogens is 376 g/mol. The molecule has 0 N–H and O–H groups in total. The lowest BCUT2D eigenvalue weighted by atomic mass is 10.1. The molecule has 0 aliphatic heterocycles. The van der Waals surface area contributed by atoms with Crippen LogP contribution in [0, 0.1) is 17.0 Å². The maximum atomic E-state index is 11.2. The second kappa shape index (κ2) is 9.97. The molecule has 0 atom stereocenters. The Balaban J connectivity index is 2.47. The Morgan fingerprint density at radius 2 is 1.48 bits per heavy atom. The number of nitrogens with zero attached hydrogens (tertiary/aromatic N) is 2. The van der Waals surface area contributed by atoms with Gasteiger partial charge < -0.3 is 23.8 Å². The molecule has 29 heavy (non-hydrogen) atoms. The molecule has 0 aromatic heterocycles. The summed E-state index contributed by atoms with van der Waals surface area (Å²) < 4.78 is 22.3. The number of rotatable bonds is 10. The van der Waals surface area contributed by atoms with Gasteiger partial charge in [-0.1, -0.05) is 0 Å². The number of hydrogen-bond donors (Lipinski definition) is 0. The van der Waals surface area contributed by atoms with E-state index in [2.05, 4.69) is 4.90 Å². The van der Waals surface area contributed by atoms with Crippen LogP contribution >= 0.6 is 0 Å². The van der Waals surface area contributed by atoms with Gasteiger partial charge >= 0.3 is 0 Å². The monoisotopic (exact) mass is 404 g/mol. The first-order valence-electron chi connectivity index (χ1n) is 9.21. The first-order valence-corrected chi connectivity index (χ1v) is 9.21. The fourth-order valence-electron chi connectivity index (χ4n) is 2.98. The van der Waals surface area contributed by atoms with E-state index in [1.165, 1.54) is 13.2 Å². The molecule has 0 heterocycles. The fraction of sp³-hybridized carbons (Fsp3) is 0.429. The molecule has 0 unspecified atom stereocenters. The smallest absolute Gasteiger partial charge is 0.276 e. The average Bonchev–Trinajstić information content (AvgIpc) is 2.68. The van der Waals surface area contributed by atoms with Gasteiger partial charge in [0.05, 0.1) is 32.3 Å². The molecule has 0 aliphatic carbocycles. The highest BCUT2D eigenvalue weighted by atomic mass is 16.6. The van der Waals surface area contributed by atoms with Crippen LogP contribution in [0.2, 0.25) is 0 Å². The molecule has 0 bridgehead atoms. The van der Waals surface area contributed by atoms with Crippen molar-refractivity contribution in [1.82, 2.24) is 4.90 Å². The highest BCUT2D eigenvalue weighted by molar-refractivity contribution is 5.57. The van der Waals surface area contributed by atoms with Gasteiger partial charge in [-0.05, 0) is 58.1 Å². The summed E-state index contributed by atoms with van der Waals surface area (Å²) in [6.07, 6.45) is 1.69. The molecule has 8 nitrogen and oxygen atoms in total. The van der Waals surface area contributed by atoms with Crippen LogP contribution in [0.15, 0.2) is 24.3 Å². The summed E-state index contributed by atoms with van der Waals surface area (Å²) in [7, 11) is 8.65. The summed E-state index contributed by atoms with van der Waals surface area (Å²) in [5.41, 5.74) is 1.41. The summed E-state index contributed by atoms with van der Waals surface area (Å²) in [5, 5.41) is 11.2. The lowest BCUT2D eigenvalue weighted by Crippen LogP contribution is -2.13. The molecule has 8 heteroatoms. The zero-order valence-corrected chi connectivity index (χ0v) is 17.8. The molecule has 0 amide bonds. The van der Waals surface area contributed by atoms with Crippen molar-refractivity contribution in [2.75, 3.05) is 42.0 Å². The number of benzene rings is 2. The van der Waals surface area contributed by atoms with Crippen LogP contribution < -0.4 is 18.9 Å². The van der Waals surface area contributed by atoms with Crippen LogP contribution in [0.3, 0.4) is 0 Å². The zero-order valence-electron chi connectivity index (χ0n) is 17.8. The summed E-state index contributed by atoms with van der Waals surface area (Å²) in [6.45, 7) is 2.59. The minimum absolute atomic E-state index is 0.0206. The second-order valence-electron chi connectivity index (χ2n) is 6.87. The van der Waals surface area contributed by atoms with E-state index >= 15 is 0 Å². The van der Waals surface area contributed by atoms with Crippen LogP contribution in [-0.2, 0) is 6.42 Å². The minimum Gasteiger partial charge on any atom is -0.493 e. The lowest BCUT2D eigenvalue weighted by Gasteiger charge is -2.18. The largest absolute Gasteiger partial charge is 0.493 e. The van der Waals surface area contributed by atoms with Crippen molar-refractivity contribution < 1.29 is 23.9 Å². The highest BCUT2D eigenvalue weighted by Gasteiger charge is 2.19. The van der Waals surface area contributed by atoms with Gasteiger partial charge in [-0.2, -0.15) is 0 Å². The van der Waals surface area contributed by atoms with E-state index in [1.54, 1.807) is 33.3 Å². The van der Waals surface area contributed by atoms with Gasteiger partial charge in [0.25, 0.3) is 5.69 Å². The molecule has 0 spiro atoms. The van der Waals surface area contributed by atoms with Gasteiger partial charge in [0, 0.05) is 11.6 Å². The quantitative estimate of drug-likeness (QED) is 0.433. The Labute approximate surface area is 171 Å². The molecule has 0 aliphatic rings. The maximum Gasteiger partial charge on any atom is 0.276 e. The summed E-state index contributed by atoms with van der Waals surface area (Å²) in [5.74, 6) is 2.43. The molecule has 0 saturated carbocycles. The third kappa shape index (κ3) is 5.51. The van der Waals surface area contributed by atoms with Crippen molar-refractivity contribution in [3.05, 3.63) is 45.5 Å². The van der Waals surface area contributed by atoms with Crippen molar-refractivity contribution in [3.63, 3.8) is 0 Å². The van der Waals surface area contributed by atoms with E-state index < -0.39 is 4.92 Å². The Bertz CT molecular complexity index is 867. The lowest BCUT2D eigenvalue weighted by molar-refractivity contribution is -0.385. The molecule has 0 fully saturated rings. The third-order valence-corrected chi connectivity index (χ3v) is 4.52. The van der Waals surface area contributed by atoms with Crippen LogP contribution in [0.25, 0.3) is 0 Å². The van der Waals surface area contributed by atoms with Crippen molar-refractivity contribution in [3.8, 4) is 28.7 Å². The Hall–Kier alpha value is -3.00. The Kier molecular flexibility index (Phi) is 7.67. The van der Waals surface area contributed by atoms with Crippen LogP contribution in [0.5, 0.6) is 28.7 Å². The van der Waals surface area contributed by atoms with Crippen molar-refractivity contribution >= 4 is 5.69 Å². The van der Waals surface area contributed by atoms with Gasteiger partial charge in [-0.3, -0.25) is 10.1 Å². The van der Waals surface area contributed by atoms with Crippen molar-refractivity contribution in [1.29, 1.82) is 0 Å². The molecular formula is C21H28N2O6. The molecule has 2 rings (SSSR count). The maximum absolute atomic E-state index is 11.2. The summed E-state index contributed by atoms with van der Waals surface area (Å²) in [6, 6.07) is 6.64. The van der Waals surface area contributed by atoms with E-state index in [9.17, 15) is 10.1 Å². The van der Waals surface area contributed by atoms with Crippen LogP contribution in [0.1, 0.15) is 17.5 Å². The van der Waals surface area contributed by atoms with E-state index in [1.807, 2.05) is 20.2 Å². The van der Waals surface area contributed by atoms with E-state index in [4.69, 9.17) is 18.9 Å². The minimum atomic E-state index is -0.440. The SMILES string of the molecule is COc1cc(CCCN(C)C)c(Oc2cc(C)c([N+](=O)[O-])cc2OC)cc1OC. The topological polar surface area (TPSA) is 83.3 Å². The van der Waals surface area contributed by atoms with Gasteiger partial charge in [0.15, 0.2) is 23.0 Å². The zero-order chi connectivity index (χ0) is 21.6. The van der Waals surface area contributed by atoms with Crippen LogP contribution in [0.4, 0.5) is 5.69 Å².